The number of esters is 1. The van der Waals surface area contributed by atoms with Crippen molar-refractivity contribution >= 4 is 23.5 Å². The predicted octanol–water partition coefficient (Wildman–Crippen LogP) is 0.971. The number of hydrogen-bond donors (Lipinski definition) is 3. The van der Waals surface area contributed by atoms with Gasteiger partial charge in [0.05, 0.1) is 13.0 Å². The average Bonchev–Trinajstić information content (AvgIpc) is 2.46. The van der Waals surface area contributed by atoms with Crippen LogP contribution < -0.4 is 11.1 Å². The molecule has 0 aliphatic heterocycles. The van der Waals surface area contributed by atoms with Gasteiger partial charge in [0.15, 0.2) is 0 Å². The van der Waals surface area contributed by atoms with Gasteiger partial charge in [-0.1, -0.05) is 6.07 Å². The van der Waals surface area contributed by atoms with Crippen LogP contribution in [0.1, 0.15) is 23.7 Å². The van der Waals surface area contributed by atoms with E-state index >= 15 is 0 Å². The van der Waals surface area contributed by atoms with Crippen LogP contribution in [0.5, 0.6) is 0 Å². The first-order chi connectivity index (χ1) is 11.0. The lowest BCUT2D eigenvalue weighted by molar-refractivity contribution is -0.262. The molecule has 7 nitrogen and oxygen atoms in total. The second kappa shape index (κ2) is 7.30. The number of ether oxygens (including phenoxy) is 1. The first-order valence-electron chi connectivity index (χ1n) is 6.67. The Morgan fingerprint density at radius 2 is 1.92 bits per heavy atom. The molecule has 132 valence electrons. The van der Waals surface area contributed by atoms with E-state index in [-0.39, 0.29) is 11.3 Å². The fourth-order valence-electron chi connectivity index (χ4n) is 1.73. The van der Waals surface area contributed by atoms with E-state index in [1.54, 1.807) is 0 Å². The normalized spacial score (nSPS) is 13.7. The van der Waals surface area contributed by atoms with Crippen LogP contribution in [0.3, 0.4) is 0 Å². The summed E-state index contributed by atoms with van der Waals surface area (Å²) in [6.45, 7) is 0.851. The van der Waals surface area contributed by atoms with Gasteiger partial charge in [-0.15, -0.1) is 0 Å². The molecule has 0 aliphatic carbocycles. The van der Waals surface area contributed by atoms with E-state index in [2.05, 4.69) is 4.74 Å². The molecule has 10 heteroatoms. The first kappa shape index (κ1) is 19.4. The Bertz CT molecular complexity index is 648. The SMILES string of the molecule is CCOC(=O)C(O)(CC(=O)Nc1cccc(C(N)=O)c1)C(F)(F)F. The Kier molecular flexibility index (Phi) is 5.91. The lowest BCUT2D eigenvalue weighted by Crippen LogP contribution is -2.54. The number of benzene rings is 1. The monoisotopic (exact) mass is 348 g/mol. The number of primary amides is 1. The number of carbonyl (C=O) groups excluding carboxylic acids is 3. The van der Waals surface area contributed by atoms with E-state index in [1.165, 1.54) is 25.1 Å². The molecule has 1 rings (SSSR count). The summed E-state index contributed by atoms with van der Waals surface area (Å²) in [5, 5.41) is 11.7. The fourth-order valence-corrected chi connectivity index (χ4v) is 1.73. The largest absolute Gasteiger partial charge is 0.464 e. The Morgan fingerprint density at radius 3 is 2.42 bits per heavy atom. The van der Waals surface area contributed by atoms with Crippen molar-refractivity contribution in [3.63, 3.8) is 0 Å². The van der Waals surface area contributed by atoms with Crippen LogP contribution in [0, 0.1) is 0 Å². The van der Waals surface area contributed by atoms with E-state index in [4.69, 9.17) is 5.73 Å². The Hall–Kier alpha value is -2.62. The molecular formula is C14H15F3N2O5. The van der Waals surface area contributed by atoms with Crippen LogP contribution in [0.15, 0.2) is 24.3 Å². The average molecular weight is 348 g/mol. The van der Waals surface area contributed by atoms with Crippen LogP contribution in [-0.2, 0) is 14.3 Å². The first-order valence-corrected chi connectivity index (χ1v) is 6.67. The molecule has 0 radical (unpaired) electrons. The number of aliphatic hydroxyl groups is 1. The maximum atomic E-state index is 13.0. The highest BCUT2D eigenvalue weighted by atomic mass is 19.4. The molecule has 1 aromatic carbocycles. The van der Waals surface area contributed by atoms with E-state index < -0.39 is 42.6 Å². The molecule has 24 heavy (non-hydrogen) atoms. The van der Waals surface area contributed by atoms with Crippen molar-refractivity contribution in [1.29, 1.82) is 0 Å². The highest BCUT2D eigenvalue weighted by Gasteiger charge is 2.61. The number of alkyl halides is 3. The van der Waals surface area contributed by atoms with Gasteiger partial charge in [0.25, 0.3) is 5.60 Å². The molecule has 1 unspecified atom stereocenters. The lowest BCUT2D eigenvalue weighted by atomic mass is 9.98. The highest BCUT2D eigenvalue weighted by Crippen LogP contribution is 2.34. The molecule has 0 aliphatic rings. The van der Waals surface area contributed by atoms with E-state index in [0.29, 0.717) is 0 Å². The van der Waals surface area contributed by atoms with Crippen LogP contribution in [0.2, 0.25) is 0 Å². The lowest BCUT2D eigenvalue weighted by Gasteiger charge is -2.27. The van der Waals surface area contributed by atoms with Crippen LogP contribution in [-0.4, -0.2) is 41.3 Å². The van der Waals surface area contributed by atoms with Crippen LogP contribution in [0.4, 0.5) is 18.9 Å². The molecule has 0 fully saturated rings. The summed E-state index contributed by atoms with van der Waals surface area (Å²) in [5.41, 5.74) is 1.06. The quantitative estimate of drug-likeness (QED) is 0.662. The molecule has 0 saturated carbocycles. The van der Waals surface area contributed by atoms with Gasteiger partial charge < -0.3 is 20.9 Å². The van der Waals surface area contributed by atoms with Crippen molar-refractivity contribution < 1.29 is 37.4 Å². The zero-order valence-electron chi connectivity index (χ0n) is 12.5. The number of rotatable bonds is 6. The van der Waals surface area contributed by atoms with Gasteiger partial charge in [-0.3, -0.25) is 9.59 Å². The third-order valence-electron chi connectivity index (χ3n) is 2.93. The molecule has 4 N–H and O–H groups in total. The Balaban J connectivity index is 2.96. The molecular weight excluding hydrogens is 333 g/mol. The molecule has 2 amide bonds. The van der Waals surface area contributed by atoms with Gasteiger partial charge in [0.1, 0.15) is 0 Å². The number of carbonyl (C=O) groups is 3. The molecule has 0 spiro atoms. The third kappa shape index (κ3) is 4.44. The van der Waals surface area contributed by atoms with Crippen molar-refractivity contribution in [3.05, 3.63) is 29.8 Å². The minimum atomic E-state index is -5.41. The van der Waals surface area contributed by atoms with Gasteiger partial charge in [0, 0.05) is 11.3 Å². The number of amides is 2. The maximum absolute atomic E-state index is 13.0. The second-order valence-electron chi connectivity index (χ2n) is 4.75. The smallest absolute Gasteiger partial charge is 0.428 e. The molecule has 0 aromatic heterocycles. The summed E-state index contributed by atoms with van der Waals surface area (Å²) in [6, 6.07) is 5.11. The minimum Gasteiger partial charge on any atom is -0.464 e. The highest BCUT2D eigenvalue weighted by molar-refractivity contribution is 5.98. The summed E-state index contributed by atoms with van der Waals surface area (Å²) in [7, 11) is 0. The number of hydrogen-bond acceptors (Lipinski definition) is 5. The van der Waals surface area contributed by atoms with E-state index in [0.717, 1.165) is 6.07 Å². The number of nitrogens with two attached hydrogens (primary N) is 1. The summed E-state index contributed by atoms with van der Waals surface area (Å²) < 4.78 is 43.1. The van der Waals surface area contributed by atoms with Gasteiger partial charge in [-0.2, -0.15) is 13.2 Å². The third-order valence-corrected chi connectivity index (χ3v) is 2.93. The predicted molar refractivity (Wildman–Crippen MR) is 75.8 cm³/mol. The van der Waals surface area contributed by atoms with E-state index in [1.807, 2.05) is 5.32 Å². The zero-order valence-corrected chi connectivity index (χ0v) is 12.5. The minimum absolute atomic E-state index is 0.0178. The van der Waals surface area contributed by atoms with Crippen molar-refractivity contribution in [2.24, 2.45) is 5.73 Å². The summed E-state index contributed by atoms with van der Waals surface area (Å²) >= 11 is 0. The number of halogens is 3. The molecule has 0 bridgehead atoms. The van der Waals surface area contributed by atoms with E-state index in [9.17, 15) is 32.7 Å². The fraction of sp³-hybridized carbons (Fsp3) is 0.357. The standard InChI is InChI=1S/C14H15F3N2O5/c1-2-24-12(22)13(23,14(15,16)17)7-10(20)19-9-5-3-4-8(6-9)11(18)21/h3-6,23H,2,7H2,1H3,(H2,18,21)(H,19,20). The van der Waals surface area contributed by atoms with Crippen molar-refractivity contribution in [2.45, 2.75) is 25.1 Å². The number of nitrogens with one attached hydrogen (secondary N) is 1. The molecule has 0 heterocycles. The summed E-state index contributed by atoms with van der Waals surface area (Å²) in [4.78, 5) is 34.2. The van der Waals surface area contributed by atoms with Crippen LogP contribution in [0.25, 0.3) is 0 Å². The van der Waals surface area contributed by atoms with Gasteiger partial charge in [-0.25, -0.2) is 4.79 Å². The zero-order chi connectivity index (χ0) is 18.5. The number of anilines is 1. The molecule has 1 atom stereocenters. The Morgan fingerprint density at radius 1 is 1.29 bits per heavy atom. The van der Waals surface area contributed by atoms with Gasteiger partial charge in [-0.05, 0) is 25.1 Å². The topological polar surface area (TPSA) is 119 Å². The molecule has 0 saturated heterocycles. The van der Waals surface area contributed by atoms with Crippen LogP contribution >= 0.6 is 0 Å². The Labute approximate surface area is 134 Å². The van der Waals surface area contributed by atoms with Crippen molar-refractivity contribution in [3.8, 4) is 0 Å². The maximum Gasteiger partial charge on any atom is 0.428 e. The second-order valence-corrected chi connectivity index (χ2v) is 4.75. The van der Waals surface area contributed by atoms with Gasteiger partial charge in [0.2, 0.25) is 11.8 Å². The molecule has 1 aromatic rings. The van der Waals surface area contributed by atoms with Crippen molar-refractivity contribution in [1.82, 2.24) is 0 Å². The van der Waals surface area contributed by atoms with Gasteiger partial charge >= 0.3 is 12.1 Å². The summed E-state index contributed by atoms with van der Waals surface area (Å²) in [6.07, 6.45) is -7.01. The summed E-state index contributed by atoms with van der Waals surface area (Å²) in [5.74, 6) is -4.08. The van der Waals surface area contributed by atoms with Crippen molar-refractivity contribution in [2.75, 3.05) is 11.9 Å².